The number of amides is 2. The summed E-state index contributed by atoms with van der Waals surface area (Å²) < 4.78 is 9.58. The van der Waals surface area contributed by atoms with Crippen molar-refractivity contribution >= 4 is 50.4 Å². The maximum absolute atomic E-state index is 11.9. The topological polar surface area (TPSA) is 75.3 Å². The van der Waals surface area contributed by atoms with E-state index in [9.17, 15) is 4.79 Å². The number of aromatic nitrogens is 1. The molecule has 0 saturated heterocycles. The van der Waals surface area contributed by atoms with Crippen LogP contribution < -0.4 is 15.4 Å². The third-order valence-corrected chi connectivity index (χ3v) is 5.48. The van der Waals surface area contributed by atoms with Crippen molar-refractivity contribution in [1.82, 2.24) is 10.3 Å². The number of ether oxygens (including phenoxy) is 1. The number of hydrogen-bond donors (Lipinski definition) is 3. The number of nitrogens with zero attached hydrogens (tertiary/aromatic N) is 1. The average molecular weight is 403 g/mol. The normalized spacial score (nSPS) is 10.7. The molecule has 0 atom stereocenters. The number of nitrogens with one attached hydrogen (secondary N) is 3. The van der Waals surface area contributed by atoms with Crippen LogP contribution in [0.3, 0.4) is 0 Å². The molecule has 0 aliphatic heterocycles. The van der Waals surface area contributed by atoms with Crippen molar-refractivity contribution in [3.05, 3.63) is 48.5 Å². The molecule has 3 aromatic rings. The summed E-state index contributed by atoms with van der Waals surface area (Å²) in [5.74, 6) is 0. The highest BCUT2D eigenvalue weighted by Crippen LogP contribution is 2.31. The summed E-state index contributed by atoms with van der Waals surface area (Å²) in [6, 6.07) is 15.6. The second kappa shape index (κ2) is 10.1. The van der Waals surface area contributed by atoms with Crippen LogP contribution in [0, 0.1) is 0 Å². The van der Waals surface area contributed by atoms with Crippen LogP contribution in [0.2, 0.25) is 0 Å². The first-order valence-corrected chi connectivity index (χ1v) is 10.4. The van der Waals surface area contributed by atoms with E-state index in [4.69, 9.17) is 4.74 Å². The Labute approximate surface area is 166 Å². The minimum absolute atomic E-state index is 0.223. The van der Waals surface area contributed by atoms with Gasteiger partial charge >= 0.3 is 6.03 Å². The van der Waals surface area contributed by atoms with Gasteiger partial charge in [0.2, 0.25) is 0 Å². The SMILES string of the molecule is CCOCCCNC(=O)Nc1ccc2sc(NSc3ccccc3)nc2c1. The van der Waals surface area contributed by atoms with E-state index >= 15 is 0 Å². The van der Waals surface area contributed by atoms with Gasteiger partial charge in [-0.05, 0) is 55.6 Å². The molecule has 0 aliphatic rings. The lowest BCUT2D eigenvalue weighted by molar-refractivity contribution is 0.145. The highest BCUT2D eigenvalue weighted by atomic mass is 32.2. The van der Waals surface area contributed by atoms with Gasteiger partial charge in [0.25, 0.3) is 0 Å². The van der Waals surface area contributed by atoms with E-state index < -0.39 is 0 Å². The van der Waals surface area contributed by atoms with E-state index in [2.05, 4.69) is 20.3 Å². The summed E-state index contributed by atoms with van der Waals surface area (Å²) in [5.41, 5.74) is 1.57. The molecular weight excluding hydrogens is 380 g/mol. The van der Waals surface area contributed by atoms with E-state index in [0.29, 0.717) is 19.8 Å². The third-order valence-electron chi connectivity index (χ3n) is 3.60. The van der Waals surface area contributed by atoms with Crippen molar-refractivity contribution in [3.63, 3.8) is 0 Å². The average Bonchev–Trinajstić information content (AvgIpc) is 3.09. The Bertz CT molecular complexity index is 871. The maximum Gasteiger partial charge on any atom is 0.319 e. The molecule has 3 N–H and O–H groups in total. The molecule has 0 spiro atoms. The summed E-state index contributed by atoms with van der Waals surface area (Å²) in [5, 5.41) is 6.49. The summed E-state index contributed by atoms with van der Waals surface area (Å²) in [6.07, 6.45) is 0.792. The van der Waals surface area contributed by atoms with E-state index in [1.807, 2.05) is 55.5 Å². The molecule has 6 nitrogen and oxygen atoms in total. The van der Waals surface area contributed by atoms with Crippen molar-refractivity contribution in [3.8, 4) is 0 Å². The zero-order valence-corrected chi connectivity index (χ0v) is 16.7. The molecule has 0 aliphatic carbocycles. The zero-order valence-electron chi connectivity index (χ0n) is 15.0. The van der Waals surface area contributed by atoms with Crippen molar-refractivity contribution in [2.75, 3.05) is 29.8 Å². The molecule has 142 valence electrons. The highest BCUT2D eigenvalue weighted by Gasteiger charge is 2.07. The fourth-order valence-corrected chi connectivity index (χ4v) is 3.87. The zero-order chi connectivity index (χ0) is 18.9. The quantitative estimate of drug-likeness (QED) is 0.348. The first-order valence-electron chi connectivity index (χ1n) is 8.75. The lowest BCUT2D eigenvalue weighted by atomic mass is 10.3. The van der Waals surface area contributed by atoms with Gasteiger partial charge in [0.15, 0.2) is 5.13 Å². The van der Waals surface area contributed by atoms with Gasteiger partial charge in [-0.25, -0.2) is 9.78 Å². The predicted molar refractivity (Wildman–Crippen MR) is 114 cm³/mol. The van der Waals surface area contributed by atoms with Gasteiger partial charge in [0.05, 0.1) is 10.2 Å². The number of fused-ring (bicyclic) bond motifs is 1. The van der Waals surface area contributed by atoms with Gasteiger partial charge in [-0.2, -0.15) is 0 Å². The van der Waals surface area contributed by atoms with Crippen molar-refractivity contribution in [1.29, 1.82) is 0 Å². The number of hydrogen-bond acceptors (Lipinski definition) is 6. The lowest BCUT2D eigenvalue weighted by Gasteiger charge is -2.07. The fraction of sp³-hybridized carbons (Fsp3) is 0.263. The Morgan fingerprint density at radius 1 is 1.22 bits per heavy atom. The number of urea groups is 1. The van der Waals surface area contributed by atoms with Crippen molar-refractivity contribution < 1.29 is 9.53 Å². The highest BCUT2D eigenvalue weighted by molar-refractivity contribution is 8.00. The van der Waals surface area contributed by atoms with Crippen LogP contribution >= 0.6 is 23.3 Å². The van der Waals surface area contributed by atoms with Gasteiger partial charge in [-0.3, -0.25) is 0 Å². The summed E-state index contributed by atoms with van der Waals surface area (Å²) in [7, 11) is 0. The lowest BCUT2D eigenvalue weighted by Crippen LogP contribution is -2.30. The Morgan fingerprint density at radius 2 is 2.07 bits per heavy atom. The van der Waals surface area contributed by atoms with Crippen molar-refractivity contribution in [2.24, 2.45) is 0 Å². The summed E-state index contributed by atoms with van der Waals surface area (Å²) in [6.45, 7) is 3.88. The second-order valence-corrected chi connectivity index (χ2v) is 7.56. The van der Waals surface area contributed by atoms with Crippen LogP contribution in [-0.4, -0.2) is 30.8 Å². The molecule has 8 heteroatoms. The van der Waals surface area contributed by atoms with Gasteiger partial charge in [-0.15, -0.1) is 0 Å². The summed E-state index contributed by atoms with van der Waals surface area (Å²) in [4.78, 5) is 17.7. The van der Waals surface area contributed by atoms with Crippen LogP contribution in [0.25, 0.3) is 10.2 Å². The molecule has 0 bridgehead atoms. The van der Waals surface area contributed by atoms with E-state index in [0.717, 1.165) is 32.4 Å². The van der Waals surface area contributed by atoms with Gasteiger partial charge in [0, 0.05) is 30.3 Å². The van der Waals surface area contributed by atoms with E-state index in [1.165, 1.54) is 11.9 Å². The first kappa shape index (κ1) is 19.5. The Kier molecular flexibility index (Phi) is 7.32. The molecule has 2 aromatic carbocycles. The first-order chi connectivity index (χ1) is 13.2. The van der Waals surface area contributed by atoms with E-state index in [-0.39, 0.29) is 6.03 Å². The number of carbonyl (C=O) groups is 1. The minimum Gasteiger partial charge on any atom is -0.382 e. The van der Waals surface area contributed by atoms with Crippen LogP contribution in [0.4, 0.5) is 15.6 Å². The molecule has 2 amide bonds. The standard InChI is InChI=1S/C19H22N4O2S2/c1-2-25-12-6-11-20-18(24)21-14-9-10-17-16(13-14)22-19(26-17)23-27-15-7-4-3-5-8-15/h3-5,7-10,13H,2,6,11-12H2,1H3,(H,22,23)(H2,20,21,24). The smallest absolute Gasteiger partial charge is 0.319 e. The molecule has 0 saturated carbocycles. The Hall–Kier alpha value is -2.29. The number of anilines is 2. The molecule has 3 rings (SSSR count). The van der Waals surface area contributed by atoms with Gasteiger partial charge < -0.3 is 20.1 Å². The minimum atomic E-state index is -0.223. The van der Waals surface area contributed by atoms with E-state index in [1.54, 1.807) is 11.3 Å². The van der Waals surface area contributed by atoms with Crippen LogP contribution in [-0.2, 0) is 4.74 Å². The van der Waals surface area contributed by atoms with Gasteiger partial charge in [-0.1, -0.05) is 29.5 Å². The maximum atomic E-state index is 11.9. The second-order valence-electron chi connectivity index (χ2n) is 5.65. The molecule has 1 aromatic heterocycles. The van der Waals surface area contributed by atoms with Gasteiger partial charge in [0.1, 0.15) is 0 Å². The van der Waals surface area contributed by atoms with Crippen LogP contribution in [0.5, 0.6) is 0 Å². The van der Waals surface area contributed by atoms with Crippen molar-refractivity contribution in [2.45, 2.75) is 18.2 Å². The number of carbonyl (C=O) groups excluding carboxylic acids is 1. The molecule has 0 fully saturated rings. The summed E-state index contributed by atoms with van der Waals surface area (Å²) >= 11 is 3.11. The predicted octanol–water partition coefficient (Wildman–Crippen LogP) is 4.96. The largest absolute Gasteiger partial charge is 0.382 e. The Morgan fingerprint density at radius 3 is 2.89 bits per heavy atom. The molecule has 0 unspecified atom stereocenters. The molecule has 27 heavy (non-hydrogen) atoms. The third kappa shape index (κ3) is 6.13. The Balaban J connectivity index is 1.53. The monoisotopic (exact) mass is 402 g/mol. The molecule has 0 radical (unpaired) electrons. The number of benzene rings is 2. The van der Waals surface area contributed by atoms with Crippen LogP contribution in [0.1, 0.15) is 13.3 Å². The van der Waals surface area contributed by atoms with Crippen LogP contribution in [0.15, 0.2) is 53.4 Å². The number of thiazole rings is 1. The molecule has 1 heterocycles. The fourth-order valence-electron chi connectivity index (χ4n) is 2.34. The number of rotatable bonds is 9. The molecular formula is C19H22N4O2S2.